The van der Waals surface area contributed by atoms with Crippen LogP contribution in [0.2, 0.25) is 0 Å². The van der Waals surface area contributed by atoms with Crippen LogP contribution in [0.15, 0.2) is 43.1 Å². The molecule has 0 atom stereocenters. The Morgan fingerprint density at radius 3 is 0.694 bits per heavy atom. The lowest BCUT2D eigenvalue weighted by atomic mass is 10.0. The van der Waals surface area contributed by atoms with Gasteiger partial charge in [-0.25, -0.2) is 34.4 Å². The fraction of sp³-hybridized carbons (Fsp3) is 0.739. The first-order chi connectivity index (χ1) is 19.4. The highest BCUT2D eigenvalue weighted by molar-refractivity contribution is 7.90. The zero-order valence-electron chi connectivity index (χ0n) is 24.5. The number of hydrogen-bond donors (Lipinski definition) is 0. The molecule has 400 valence electrons. The van der Waals surface area contributed by atoms with Gasteiger partial charge < -0.3 is 0 Å². The molecule has 2 rings (SSSR count). The van der Waals surface area contributed by atoms with Crippen LogP contribution in [-0.2, 0) is 32.9 Å². The molecular weight excluding hydrogens is 841 g/mol. The maximum Gasteiger partial charge on any atom is 0.270 e. The Kier molecular flexibility index (Phi) is 233. The van der Waals surface area contributed by atoms with Crippen LogP contribution in [-0.4, -0.2) is 16.8 Å². The van der Waals surface area contributed by atoms with E-state index in [-0.39, 0.29) is 180 Å². The van der Waals surface area contributed by atoms with Gasteiger partial charge in [0.05, 0.1) is 0 Å². The second-order valence-electron chi connectivity index (χ2n) is 6.63. The lowest BCUT2D eigenvalue weighted by Crippen LogP contribution is -2.05. The fourth-order valence-corrected chi connectivity index (χ4v) is 4.60. The molecule has 0 saturated carbocycles. The van der Waals surface area contributed by atoms with Gasteiger partial charge in [0.1, 0.15) is 33.1 Å². The number of sulfonamides is 2. The summed E-state index contributed by atoms with van der Waals surface area (Å²) in [5.74, 6) is -5.61. The first-order valence-corrected chi connectivity index (χ1v) is 15.9. The molecule has 0 aliphatic carbocycles. The topological polar surface area (TPSA) is 166 Å². The SMILES string of the molecule is C.C.C.C.C.C.C.C.C.C.C.C.C.C.C.C.C.C.C.C.C.CC.CC.CC.CC.[N-]=[N+]=NS(=O)(=O)c1c(F)cc(CCCCCc2cc(F)c(S(=O)(=O)N=[N+]=[N-])c(F)c2)cc1F. The van der Waals surface area contributed by atoms with Gasteiger partial charge in [0.15, 0.2) is 0 Å². The molecule has 2 aromatic rings. The van der Waals surface area contributed by atoms with E-state index in [0.29, 0.717) is 19.3 Å². The minimum atomic E-state index is -4.84. The second kappa shape index (κ2) is 88.8. The summed E-state index contributed by atoms with van der Waals surface area (Å²) in [4.78, 5) is 1.36. The van der Waals surface area contributed by atoms with Gasteiger partial charge in [-0.2, -0.15) is 0 Å². The molecule has 10 nitrogen and oxygen atoms in total. The van der Waals surface area contributed by atoms with Gasteiger partial charge in [0.2, 0.25) is 0 Å². The average Bonchev–Trinajstić information content (AvgIpc) is 2.92. The van der Waals surface area contributed by atoms with Gasteiger partial charge in [-0.1, -0.05) is 218 Å². The molecule has 0 unspecified atom stereocenters. The summed E-state index contributed by atoms with van der Waals surface area (Å²) in [7, 11) is -9.67. The molecule has 0 N–H and O–H groups in total. The molecule has 0 aliphatic rings. The molecule has 0 fully saturated rings. The average molecular weight is 964 g/mol. The van der Waals surface area contributed by atoms with Crippen molar-refractivity contribution in [2.45, 2.75) is 253 Å². The van der Waals surface area contributed by atoms with E-state index in [9.17, 15) is 34.4 Å². The summed E-state index contributed by atoms with van der Waals surface area (Å²) in [5, 5.41) is 0. The predicted molar refractivity (Wildman–Crippen MR) is 293 cm³/mol. The van der Waals surface area contributed by atoms with Crippen LogP contribution < -0.4 is 0 Å². The van der Waals surface area contributed by atoms with Crippen molar-refractivity contribution in [1.29, 1.82) is 0 Å². The molecule has 0 saturated heterocycles. The van der Waals surface area contributed by atoms with E-state index < -0.39 is 53.1 Å². The molecule has 2 aromatic carbocycles. The van der Waals surface area contributed by atoms with Crippen LogP contribution in [0.25, 0.3) is 20.9 Å². The minimum Gasteiger partial charge on any atom is -0.216 e. The monoisotopic (exact) mass is 963 g/mol. The predicted octanol–water partition coefficient (Wildman–Crippen LogP) is 22.7. The molecular formula is C46H122F4N6O4S2. The van der Waals surface area contributed by atoms with Crippen molar-refractivity contribution in [3.63, 3.8) is 0 Å². The van der Waals surface area contributed by atoms with E-state index in [0.717, 1.165) is 24.3 Å². The molecule has 62 heavy (non-hydrogen) atoms. The van der Waals surface area contributed by atoms with E-state index >= 15 is 0 Å². The van der Waals surface area contributed by atoms with Crippen LogP contribution in [0.3, 0.4) is 0 Å². The van der Waals surface area contributed by atoms with Gasteiger partial charge in [0, 0.05) is 18.9 Å². The number of aryl methyl sites for hydroxylation is 2. The van der Waals surface area contributed by atoms with Crippen molar-refractivity contribution < 1.29 is 34.4 Å². The minimum absolute atomic E-state index is 0. The summed E-state index contributed by atoms with van der Waals surface area (Å²) in [5.41, 5.74) is 16.7. The van der Waals surface area contributed by atoms with E-state index in [1.54, 1.807) is 0 Å². The number of halogens is 4. The van der Waals surface area contributed by atoms with Crippen LogP contribution in [0, 0.1) is 23.3 Å². The molecule has 0 heterocycles. The lowest BCUT2D eigenvalue weighted by molar-refractivity contribution is 0.515. The van der Waals surface area contributed by atoms with Crippen LogP contribution in [0.5, 0.6) is 0 Å². The van der Waals surface area contributed by atoms with Crippen LogP contribution in [0.1, 0.15) is 242 Å². The van der Waals surface area contributed by atoms with Crippen LogP contribution in [0.4, 0.5) is 17.6 Å². The Bertz CT molecular complexity index is 1250. The van der Waals surface area contributed by atoms with Gasteiger partial charge in [-0.05, 0) is 72.1 Å². The largest absolute Gasteiger partial charge is 0.270 e. The van der Waals surface area contributed by atoms with Gasteiger partial charge in [-0.3, -0.25) is 0 Å². The standard InChI is InChI=1S/C17H14F4N6O4S2.4C2H6.21CH4/c18-12-6-10(7-13(19)16(12)32(28,29)26-24-22)4-2-1-3-5-11-8-14(20)17(15(21)9-11)33(30,31)27-25-23;4*1-2;;;;;;;;;;;;;;;;;;;;;/h6-9H,1-5H2;4*1-2H3;21*1H4. The van der Waals surface area contributed by atoms with E-state index in [4.69, 9.17) is 11.1 Å². The lowest BCUT2D eigenvalue weighted by Gasteiger charge is -2.08. The Balaban J connectivity index is -0.0000000214. The summed E-state index contributed by atoms with van der Waals surface area (Å²) in [6.45, 7) is 16.0. The Labute approximate surface area is 394 Å². The number of azide groups is 2. The summed E-state index contributed by atoms with van der Waals surface area (Å²) in [6, 6.07) is 3.21. The van der Waals surface area contributed by atoms with Crippen molar-refractivity contribution in [3.05, 3.63) is 79.5 Å². The number of benzene rings is 2. The molecule has 0 amide bonds. The highest BCUT2D eigenvalue weighted by Crippen LogP contribution is 2.25. The van der Waals surface area contributed by atoms with Gasteiger partial charge in [-0.15, -0.1) is 0 Å². The number of unbranched alkanes of at least 4 members (excludes halogenated alkanes) is 2. The fourth-order valence-electron chi connectivity index (χ4n) is 3.02. The van der Waals surface area contributed by atoms with Gasteiger partial charge >= 0.3 is 0 Å². The third kappa shape index (κ3) is 54.7. The molecule has 16 heteroatoms. The Morgan fingerprint density at radius 1 is 0.387 bits per heavy atom. The smallest absolute Gasteiger partial charge is 0.216 e. The Morgan fingerprint density at radius 2 is 0.548 bits per heavy atom. The molecule has 0 bridgehead atoms. The van der Waals surface area contributed by atoms with Crippen molar-refractivity contribution in [2.75, 3.05) is 0 Å². The van der Waals surface area contributed by atoms with Gasteiger partial charge in [0.25, 0.3) is 20.0 Å². The number of hydrogen-bond acceptors (Lipinski definition) is 4. The molecule has 0 aromatic heterocycles. The van der Waals surface area contributed by atoms with E-state index in [1.807, 2.05) is 65.2 Å². The van der Waals surface area contributed by atoms with Crippen LogP contribution >= 0.6 is 0 Å². The maximum atomic E-state index is 14.0. The number of rotatable bonds is 10. The Hall–Kier alpha value is -3.32. The molecule has 0 radical (unpaired) electrons. The zero-order chi connectivity index (χ0) is 32.8. The summed E-state index contributed by atoms with van der Waals surface area (Å²) < 4.78 is 107. The van der Waals surface area contributed by atoms with Crippen molar-refractivity contribution >= 4 is 20.0 Å². The van der Waals surface area contributed by atoms with E-state index in [1.165, 1.54) is 0 Å². The maximum absolute atomic E-state index is 14.0. The quantitative estimate of drug-likeness (QED) is 0.0760. The van der Waals surface area contributed by atoms with Crippen molar-refractivity contribution in [1.82, 2.24) is 0 Å². The third-order valence-electron chi connectivity index (χ3n) is 4.35. The molecule has 0 aliphatic heterocycles. The third-order valence-corrected chi connectivity index (χ3v) is 6.74. The highest BCUT2D eigenvalue weighted by Gasteiger charge is 2.25. The highest BCUT2D eigenvalue weighted by atomic mass is 32.2. The van der Waals surface area contributed by atoms with Crippen molar-refractivity contribution in [2.24, 2.45) is 9.04 Å². The van der Waals surface area contributed by atoms with E-state index in [2.05, 4.69) is 9.04 Å². The summed E-state index contributed by atoms with van der Waals surface area (Å²) >= 11 is 0. The molecule has 0 spiro atoms. The normalized spacial score (nSPS) is 6.52. The first kappa shape index (κ1) is 162. The van der Waals surface area contributed by atoms with Crippen molar-refractivity contribution in [3.8, 4) is 0 Å². The first-order valence-electron chi connectivity index (χ1n) is 13.0. The second-order valence-corrected chi connectivity index (χ2v) is 9.67. The number of nitrogens with zero attached hydrogens (tertiary/aromatic N) is 6. The summed E-state index contributed by atoms with van der Waals surface area (Å²) in [6.07, 6.45) is 1.53. The zero-order valence-corrected chi connectivity index (χ0v) is 26.1.